The van der Waals surface area contributed by atoms with Gasteiger partial charge in [-0.05, 0) is 53.9 Å². The first-order valence-corrected chi connectivity index (χ1v) is 18.9. The summed E-state index contributed by atoms with van der Waals surface area (Å²) >= 11 is 0. The van der Waals surface area contributed by atoms with Crippen molar-refractivity contribution in [3.63, 3.8) is 0 Å². The van der Waals surface area contributed by atoms with Crippen LogP contribution < -0.4 is 23.6 Å². The van der Waals surface area contributed by atoms with E-state index in [-0.39, 0.29) is 38.8 Å². The maximum Gasteiger partial charge on any atom is 0.422 e. The highest BCUT2D eigenvalue weighted by Gasteiger charge is 2.33. The summed E-state index contributed by atoms with van der Waals surface area (Å²) in [4.78, 5) is 43.7. The monoisotopic (exact) mass is 744 g/mol. The number of nitrogens with one attached hydrogen (secondary N) is 5. The van der Waals surface area contributed by atoms with Gasteiger partial charge >= 0.3 is 38.5 Å². The highest BCUT2D eigenvalue weighted by molar-refractivity contribution is 7.88. The standard InChI is InChI=1S/C9H18N2O6S.C7H16N2O4S.C5H10N2O3S.C3H8O/c1-5-16-7(12)6-10-18(14,15)11-8(13)17-9(2,3)4;1-3-5-8-14(11,12)9-6-7(10)13-4-2;1-2-3-7-5(8)4-6-11(7,9)10;1-2-3-4/h10H,5-6H2,1-4H3,(H,11,13);8-9H,3-6H2,1-2H3;6H,2-4H2,1H3;4H,2-3H2,1H3. The number of aliphatic hydroxyl groups is 1. The van der Waals surface area contributed by atoms with Crippen LogP contribution in [0.15, 0.2) is 0 Å². The highest BCUT2D eigenvalue weighted by atomic mass is 32.2. The Bertz CT molecular complexity index is 1250. The molecule has 1 aliphatic rings. The normalized spacial score (nSPS) is 13.8. The number of ether oxygens (including phenoxy) is 3. The predicted molar refractivity (Wildman–Crippen MR) is 171 cm³/mol. The molecule has 47 heavy (non-hydrogen) atoms. The van der Waals surface area contributed by atoms with Gasteiger partial charge in [0.25, 0.3) is 16.1 Å². The number of rotatable bonds is 15. The van der Waals surface area contributed by atoms with Crippen molar-refractivity contribution in [2.75, 3.05) is 52.5 Å². The van der Waals surface area contributed by atoms with Crippen LogP contribution in [0.2, 0.25) is 0 Å². The van der Waals surface area contributed by atoms with Crippen LogP contribution in [0, 0.1) is 0 Å². The molecular weight excluding hydrogens is 692 g/mol. The second kappa shape index (κ2) is 25.4. The zero-order chi connectivity index (χ0) is 37.3. The zero-order valence-corrected chi connectivity index (χ0v) is 30.7. The first-order valence-electron chi connectivity index (χ1n) is 14.5. The van der Waals surface area contributed by atoms with Crippen LogP contribution in [0.25, 0.3) is 0 Å². The van der Waals surface area contributed by atoms with Gasteiger partial charge in [0.2, 0.25) is 0 Å². The Balaban J connectivity index is -0.000000596. The van der Waals surface area contributed by atoms with Crippen molar-refractivity contribution in [2.45, 2.75) is 80.3 Å². The quantitative estimate of drug-likeness (QED) is 0.0845. The molecule has 1 heterocycles. The van der Waals surface area contributed by atoms with E-state index >= 15 is 0 Å². The number of carbonyl (C=O) groups excluding carboxylic acids is 4. The third-order valence-electron chi connectivity index (χ3n) is 4.21. The maximum atomic E-state index is 11.3. The number of aliphatic hydroxyl groups excluding tert-OH is 1. The lowest BCUT2D eigenvalue weighted by atomic mass is 10.2. The molecule has 0 radical (unpaired) electrons. The third kappa shape index (κ3) is 29.2. The number of nitrogens with zero attached hydrogens (tertiary/aromatic N) is 1. The van der Waals surface area contributed by atoms with Crippen LogP contribution in [-0.2, 0) is 59.2 Å². The summed E-state index contributed by atoms with van der Waals surface area (Å²) in [6.07, 6.45) is 1.09. The second-order valence-electron chi connectivity index (χ2n) is 9.77. The van der Waals surface area contributed by atoms with Gasteiger partial charge in [-0.15, -0.1) is 0 Å². The van der Waals surface area contributed by atoms with Crippen LogP contribution in [-0.4, -0.2) is 117 Å². The molecule has 1 fully saturated rings. The Labute approximate surface area is 278 Å². The topological polar surface area (TPSA) is 282 Å². The summed E-state index contributed by atoms with van der Waals surface area (Å²) in [5.74, 6) is -1.70. The van der Waals surface area contributed by atoms with Crippen LogP contribution >= 0.6 is 0 Å². The van der Waals surface area contributed by atoms with E-state index in [0.717, 1.165) is 10.7 Å². The van der Waals surface area contributed by atoms with E-state index < -0.39 is 60.8 Å². The molecule has 0 unspecified atom stereocenters. The fourth-order valence-corrected chi connectivity index (χ4v) is 5.11. The molecular formula is C24H52N6O14S3. The van der Waals surface area contributed by atoms with E-state index in [2.05, 4.69) is 23.6 Å². The molecule has 20 nitrogen and oxygen atoms in total. The summed E-state index contributed by atoms with van der Waals surface area (Å²) in [6.45, 7) is 13.9. The van der Waals surface area contributed by atoms with Gasteiger partial charge in [-0.2, -0.15) is 39.4 Å². The van der Waals surface area contributed by atoms with Gasteiger partial charge in [0, 0.05) is 19.7 Å². The molecule has 23 heteroatoms. The van der Waals surface area contributed by atoms with Crippen molar-refractivity contribution < 1.29 is 63.7 Å². The molecule has 0 atom stereocenters. The number of carbonyl (C=O) groups is 4. The summed E-state index contributed by atoms with van der Waals surface area (Å²) in [6, 6.07) is 0. The van der Waals surface area contributed by atoms with Gasteiger partial charge in [0.1, 0.15) is 18.7 Å². The summed E-state index contributed by atoms with van der Waals surface area (Å²) in [5.41, 5.74) is -0.819. The Kier molecular flexibility index (Phi) is 26.3. The van der Waals surface area contributed by atoms with Crippen molar-refractivity contribution in [2.24, 2.45) is 0 Å². The van der Waals surface area contributed by atoms with Gasteiger partial charge < -0.3 is 19.3 Å². The van der Waals surface area contributed by atoms with Crippen LogP contribution in [0.4, 0.5) is 4.79 Å². The predicted octanol–water partition coefficient (Wildman–Crippen LogP) is -1.25. The minimum absolute atomic E-state index is 0.0949. The maximum absolute atomic E-state index is 11.3. The Morgan fingerprint density at radius 1 is 0.851 bits per heavy atom. The minimum Gasteiger partial charge on any atom is -0.465 e. The Morgan fingerprint density at radius 3 is 1.66 bits per heavy atom. The highest BCUT2D eigenvalue weighted by Crippen LogP contribution is 2.07. The molecule has 0 aliphatic carbocycles. The molecule has 0 bridgehead atoms. The number of amides is 2. The SMILES string of the molecule is CCCN1C(=O)CNS1(=O)=O.CCCNS(=O)(=O)NCC(=O)OCC.CCCO.CCOC(=O)CNS(=O)(=O)NC(=O)OC(C)(C)C. The van der Waals surface area contributed by atoms with Crippen LogP contribution in [0.1, 0.15) is 74.7 Å². The largest absolute Gasteiger partial charge is 0.465 e. The summed E-state index contributed by atoms with van der Waals surface area (Å²) in [5, 5.41) is 7.88. The lowest BCUT2D eigenvalue weighted by molar-refractivity contribution is -0.142. The first-order chi connectivity index (χ1) is 21.6. The van der Waals surface area contributed by atoms with Crippen LogP contribution in [0.3, 0.4) is 0 Å². The molecule has 280 valence electrons. The fraction of sp³-hybridized carbons (Fsp3) is 0.833. The smallest absolute Gasteiger partial charge is 0.422 e. The molecule has 0 aromatic carbocycles. The van der Waals surface area contributed by atoms with E-state index in [1.807, 2.05) is 25.5 Å². The number of esters is 2. The molecule has 0 aromatic rings. The van der Waals surface area contributed by atoms with Crippen molar-refractivity contribution in [1.82, 2.24) is 27.9 Å². The van der Waals surface area contributed by atoms with E-state index in [9.17, 15) is 44.4 Å². The van der Waals surface area contributed by atoms with E-state index in [1.54, 1.807) is 39.3 Å². The van der Waals surface area contributed by atoms with Crippen molar-refractivity contribution in [3.8, 4) is 0 Å². The fourth-order valence-electron chi connectivity index (χ4n) is 2.37. The average Bonchev–Trinajstić information content (AvgIpc) is 3.21. The summed E-state index contributed by atoms with van der Waals surface area (Å²) in [7, 11) is -11.2. The molecule has 0 saturated carbocycles. The molecule has 0 spiro atoms. The minimum atomic E-state index is -4.14. The molecule has 2 amide bonds. The lowest BCUT2D eigenvalue weighted by Gasteiger charge is -2.19. The van der Waals surface area contributed by atoms with Gasteiger partial charge in [0.15, 0.2) is 0 Å². The summed E-state index contributed by atoms with van der Waals surface area (Å²) < 4.78 is 91.2. The number of hydrogen-bond donors (Lipinski definition) is 6. The molecule has 6 N–H and O–H groups in total. The van der Waals surface area contributed by atoms with Gasteiger partial charge in [-0.3, -0.25) is 14.4 Å². The van der Waals surface area contributed by atoms with E-state index in [4.69, 9.17) is 9.84 Å². The van der Waals surface area contributed by atoms with Crippen molar-refractivity contribution >= 4 is 54.6 Å². The Morgan fingerprint density at radius 2 is 1.32 bits per heavy atom. The molecule has 1 saturated heterocycles. The van der Waals surface area contributed by atoms with Gasteiger partial charge in [-0.1, -0.05) is 20.8 Å². The average molecular weight is 745 g/mol. The van der Waals surface area contributed by atoms with Gasteiger partial charge in [-0.25, -0.2) is 18.5 Å². The van der Waals surface area contributed by atoms with Crippen molar-refractivity contribution in [1.29, 1.82) is 0 Å². The number of hydrogen-bond acceptors (Lipinski definition) is 14. The van der Waals surface area contributed by atoms with E-state index in [0.29, 0.717) is 26.0 Å². The van der Waals surface area contributed by atoms with Crippen LogP contribution in [0.5, 0.6) is 0 Å². The second-order valence-corrected chi connectivity index (χ2v) is 14.5. The molecule has 1 aliphatic heterocycles. The first kappa shape index (κ1) is 48.7. The Hall–Kier alpha value is -2.67. The third-order valence-corrected chi connectivity index (χ3v) is 7.75. The van der Waals surface area contributed by atoms with E-state index in [1.165, 1.54) is 0 Å². The molecule has 1 rings (SSSR count). The lowest BCUT2D eigenvalue weighted by Crippen LogP contribution is -2.44. The van der Waals surface area contributed by atoms with Crippen molar-refractivity contribution in [3.05, 3.63) is 0 Å². The zero-order valence-electron chi connectivity index (χ0n) is 28.2. The molecule has 0 aromatic heterocycles. The van der Waals surface area contributed by atoms with Gasteiger partial charge in [0.05, 0.1) is 19.8 Å².